The molecule has 1 amide bonds. The zero-order chi connectivity index (χ0) is 14.5. The summed E-state index contributed by atoms with van der Waals surface area (Å²) >= 11 is 0. The number of likely N-dealkylation sites (tertiary alicyclic amines) is 1. The standard InChI is InChI=1S/C17H24N2O2.ClH/c20-16(21-13-15-7-2-1-3-8-15)19-12-6-10-17(14-19)9-4-5-11-18-17;/h1-3,7-8,18H,4-6,9-14H2;1H. The van der Waals surface area contributed by atoms with E-state index in [-0.39, 0.29) is 24.0 Å². The maximum Gasteiger partial charge on any atom is 0.410 e. The van der Waals surface area contributed by atoms with Crippen LogP contribution in [0.4, 0.5) is 4.79 Å². The smallest absolute Gasteiger partial charge is 0.410 e. The van der Waals surface area contributed by atoms with Crippen LogP contribution in [0.25, 0.3) is 0 Å². The topological polar surface area (TPSA) is 41.6 Å². The summed E-state index contributed by atoms with van der Waals surface area (Å²) < 4.78 is 5.46. The summed E-state index contributed by atoms with van der Waals surface area (Å²) in [7, 11) is 0. The molecule has 122 valence electrons. The van der Waals surface area contributed by atoms with E-state index >= 15 is 0 Å². The van der Waals surface area contributed by atoms with Crippen molar-refractivity contribution in [2.75, 3.05) is 19.6 Å². The average Bonchev–Trinajstić information content (AvgIpc) is 2.54. The summed E-state index contributed by atoms with van der Waals surface area (Å²) in [5.41, 5.74) is 1.18. The Morgan fingerprint density at radius 2 is 1.95 bits per heavy atom. The molecule has 0 saturated carbocycles. The van der Waals surface area contributed by atoms with Crippen LogP contribution in [0.2, 0.25) is 0 Å². The Labute approximate surface area is 138 Å². The lowest BCUT2D eigenvalue weighted by Gasteiger charge is -2.45. The Bertz CT molecular complexity index is 469. The first-order valence-corrected chi connectivity index (χ1v) is 7.98. The number of benzene rings is 1. The van der Waals surface area contributed by atoms with Crippen molar-refractivity contribution in [1.82, 2.24) is 10.2 Å². The molecule has 1 atom stereocenters. The second-order valence-electron chi connectivity index (χ2n) is 6.23. The molecule has 1 aromatic rings. The summed E-state index contributed by atoms with van der Waals surface area (Å²) in [6, 6.07) is 9.85. The molecule has 1 spiro atoms. The third kappa shape index (κ3) is 4.14. The second kappa shape index (κ2) is 7.84. The highest BCUT2D eigenvalue weighted by atomic mass is 35.5. The lowest BCUT2D eigenvalue weighted by molar-refractivity contribution is 0.0578. The van der Waals surface area contributed by atoms with Gasteiger partial charge >= 0.3 is 6.09 Å². The molecule has 1 aromatic carbocycles. The largest absolute Gasteiger partial charge is 0.445 e. The summed E-state index contributed by atoms with van der Waals surface area (Å²) in [4.78, 5) is 14.2. The molecule has 3 rings (SSSR count). The van der Waals surface area contributed by atoms with E-state index in [9.17, 15) is 4.79 Å². The summed E-state index contributed by atoms with van der Waals surface area (Å²) in [5.74, 6) is 0. The third-order valence-electron chi connectivity index (χ3n) is 4.62. The molecule has 22 heavy (non-hydrogen) atoms. The molecule has 2 aliphatic heterocycles. The number of carbonyl (C=O) groups is 1. The first-order valence-electron chi connectivity index (χ1n) is 7.98. The maximum atomic E-state index is 12.3. The average molecular weight is 325 g/mol. The second-order valence-corrected chi connectivity index (χ2v) is 6.23. The van der Waals surface area contributed by atoms with Crippen molar-refractivity contribution in [2.24, 2.45) is 0 Å². The van der Waals surface area contributed by atoms with E-state index in [0.717, 1.165) is 31.6 Å². The molecule has 0 bridgehead atoms. The fourth-order valence-electron chi connectivity index (χ4n) is 3.48. The minimum absolute atomic E-state index is 0. The van der Waals surface area contributed by atoms with Gasteiger partial charge in [0.1, 0.15) is 6.61 Å². The molecule has 5 heteroatoms. The number of nitrogens with zero attached hydrogens (tertiary/aromatic N) is 1. The predicted molar refractivity (Wildman–Crippen MR) is 89.3 cm³/mol. The van der Waals surface area contributed by atoms with Crippen LogP contribution in [0.3, 0.4) is 0 Å². The van der Waals surface area contributed by atoms with Gasteiger partial charge in [-0.2, -0.15) is 0 Å². The molecule has 2 aliphatic rings. The predicted octanol–water partition coefficient (Wildman–Crippen LogP) is 3.35. The fraction of sp³-hybridized carbons (Fsp3) is 0.588. The Kier molecular flexibility index (Phi) is 6.09. The number of hydrogen-bond acceptors (Lipinski definition) is 3. The molecule has 2 saturated heterocycles. The van der Waals surface area contributed by atoms with E-state index in [0.29, 0.717) is 6.61 Å². The number of ether oxygens (including phenoxy) is 1. The molecular weight excluding hydrogens is 300 g/mol. The van der Waals surface area contributed by atoms with E-state index in [1.165, 1.54) is 25.7 Å². The van der Waals surface area contributed by atoms with E-state index < -0.39 is 0 Å². The fourth-order valence-corrected chi connectivity index (χ4v) is 3.48. The van der Waals surface area contributed by atoms with Gasteiger partial charge < -0.3 is 15.0 Å². The van der Waals surface area contributed by atoms with Crippen LogP contribution in [0.5, 0.6) is 0 Å². The van der Waals surface area contributed by atoms with E-state index in [1.807, 2.05) is 35.2 Å². The van der Waals surface area contributed by atoms with Crippen LogP contribution in [-0.2, 0) is 11.3 Å². The van der Waals surface area contributed by atoms with Crippen molar-refractivity contribution in [3.63, 3.8) is 0 Å². The Hall–Kier alpha value is -1.26. The summed E-state index contributed by atoms with van der Waals surface area (Å²) in [5, 5.41) is 3.64. The van der Waals surface area contributed by atoms with Gasteiger partial charge in [0, 0.05) is 18.6 Å². The van der Waals surface area contributed by atoms with Crippen molar-refractivity contribution in [3.05, 3.63) is 35.9 Å². The van der Waals surface area contributed by atoms with Gasteiger partial charge in [0.05, 0.1) is 0 Å². The van der Waals surface area contributed by atoms with E-state index in [1.54, 1.807) is 0 Å². The van der Waals surface area contributed by atoms with Crippen molar-refractivity contribution in [1.29, 1.82) is 0 Å². The van der Waals surface area contributed by atoms with Gasteiger partial charge in [-0.1, -0.05) is 36.8 Å². The first-order chi connectivity index (χ1) is 10.3. The van der Waals surface area contributed by atoms with Gasteiger partial charge in [-0.3, -0.25) is 0 Å². The van der Waals surface area contributed by atoms with Crippen molar-refractivity contribution < 1.29 is 9.53 Å². The molecule has 1 unspecified atom stereocenters. The Morgan fingerprint density at radius 3 is 2.68 bits per heavy atom. The molecule has 1 N–H and O–H groups in total. The summed E-state index contributed by atoms with van der Waals surface area (Å²) in [6.07, 6.45) is 5.75. The van der Waals surface area contributed by atoms with Gasteiger partial charge in [0.25, 0.3) is 0 Å². The van der Waals surface area contributed by atoms with Crippen LogP contribution in [0.15, 0.2) is 30.3 Å². The van der Waals surface area contributed by atoms with E-state index in [4.69, 9.17) is 4.74 Å². The zero-order valence-corrected chi connectivity index (χ0v) is 13.7. The number of nitrogens with one attached hydrogen (secondary N) is 1. The van der Waals surface area contributed by atoms with Gasteiger partial charge in [0.2, 0.25) is 0 Å². The Morgan fingerprint density at radius 1 is 1.18 bits per heavy atom. The quantitative estimate of drug-likeness (QED) is 0.907. The molecule has 4 nitrogen and oxygen atoms in total. The molecule has 0 radical (unpaired) electrons. The maximum absolute atomic E-state index is 12.3. The molecule has 2 heterocycles. The lowest BCUT2D eigenvalue weighted by Crippen LogP contribution is -2.59. The van der Waals surface area contributed by atoms with Crippen LogP contribution in [-0.4, -0.2) is 36.2 Å². The zero-order valence-electron chi connectivity index (χ0n) is 12.9. The third-order valence-corrected chi connectivity index (χ3v) is 4.62. The highest BCUT2D eigenvalue weighted by Crippen LogP contribution is 2.29. The van der Waals surface area contributed by atoms with Gasteiger partial charge in [-0.25, -0.2) is 4.79 Å². The number of halogens is 1. The van der Waals surface area contributed by atoms with Crippen LogP contribution in [0, 0.1) is 0 Å². The number of hydrogen-bond donors (Lipinski definition) is 1. The monoisotopic (exact) mass is 324 g/mol. The molecule has 0 aliphatic carbocycles. The molecule has 2 fully saturated rings. The van der Waals surface area contributed by atoms with Crippen LogP contribution in [0.1, 0.15) is 37.7 Å². The van der Waals surface area contributed by atoms with Crippen molar-refractivity contribution in [3.8, 4) is 0 Å². The number of amides is 1. The molecule has 0 aromatic heterocycles. The number of rotatable bonds is 2. The normalized spacial score (nSPS) is 24.6. The summed E-state index contributed by atoms with van der Waals surface area (Å²) in [6.45, 7) is 3.04. The minimum Gasteiger partial charge on any atom is -0.445 e. The lowest BCUT2D eigenvalue weighted by atomic mass is 9.82. The molecular formula is C17H25ClN2O2. The highest BCUT2D eigenvalue weighted by molar-refractivity contribution is 5.85. The van der Waals surface area contributed by atoms with Crippen LogP contribution >= 0.6 is 12.4 Å². The van der Waals surface area contributed by atoms with Crippen LogP contribution < -0.4 is 5.32 Å². The van der Waals surface area contributed by atoms with Crippen molar-refractivity contribution >= 4 is 18.5 Å². The number of piperidine rings is 2. The SMILES string of the molecule is Cl.O=C(OCc1ccccc1)N1CCCC2(CCCCN2)C1. The minimum atomic E-state index is -0.176. The van der Waals surface area contributed by atoms with Gasteiger partial charge in [-0.05, 0) is 37.8 Å². The van der Waals surface area contributed by atoms with Gasteiger partial charge in [0.15, 0.2) is 0 Å². The van der Waals surface area contributed by atoms with E-state index in [2.05, 4.69) is 5.32 Å². The number of carbonyl (C=O) groups excluding carboxylic acids is 1. The van der Waals surface area contributed by atoms with Gasteiger partial charge in [-0.15, -0.1) is 12.4 Å². The van der Waals surface area contributed by atoms with Crippen molar-refractivity contribution in [2.45, 2.75) is 44.2 Å². The Balaban J connectivity index is 0.00000176. The highest BCUT2D eigenvalue weighted by Gasteiger charge is 2.38. The first kappa shape index (κ1) is 17.1.